The zero-order chi connectivity index (χ0) is 18.6. The van der Waals surface area contributed by atoms with Crippen molar-refractivity contribution in [1.29, 1.82) is 0 Å². The van der Waals surface area contributed by atoms with Crippen molar-refractivity contribution in [3.05, 3.63) is 47.8 Å². The molecule has 1 fully saturated rings. The highest BCUT2D eigenvalue weighted by molar-refractivity contribution is 7.89. The summed E-state index contributed by atoms with van der Waals surface area (Å²) in [5, 5.41) is 6.88. The molecule has 1 atom stereocenters. The molecule has 9 heteroatoms. The molecule has 0 saturated carbocycles. The standard InChI is InChI=1S/C17H22N4O4S/c1-21-15(6-9-19-21)5-8-18-17(22)13-3-2-4-16(11-13)26(23,24)20-14-7-10-25-12-14/h2-4,6,9,11,14,20H,5,7-8,10,12H2,1H3,(H,18,22)/t14-/m0/s1. The third kappa shape index (κ3) is 4.48. The fourth-order valence-electron chi connectivity index (χ4n) is 2.77. The molecule has 140 valence electrons. The summed E-state index contributed by atoms with van der Waals surface area (Å²) >= 11 is 0. The second kappa shape index (κ2) is 7.98. The number of ether oxygens (including phenoxy) is 1. The number of nitrogens with one attached hydrogen (secondary N) is 2. The number of hydrogen-bond donors (Lipinski definition) is 2. The van der Waals surface area contributed by atoms with Crippen LogP contribution in [0.3, 0.4) is 0 Å². The first-order chi connectivity index (χ1) is 12.5. The van der Waals surface area contributed by atoms with Gasteiger partial charge in [0.1, 0.15) is 0 Å². The van der Waals surface area contributed by atoms with E-state index < -0.39 is 10.0 Å². The van der Waals surface area contributed by atoms with E-state index in [-0.39, 0.29) is 16.8 Å². The van der Waals surface area contributed by atoms with Crippen LogP contribution in [-0.2, 0) is 28.2 Å². The van der Waals surface area contributed by atoms with E-state index in [4.69, 9.17) is 4.74 Å². The van der Waals surface area contributed by atoms with Gasteiger partial charge in [-0.3, -0.25) is 9.48 Å². The molecule has 8 nitrogen and oxygen atoms in total. The van der Waals surface area contributed by atoms with E-state index in [0.29, 0.717) is 38.2 Å². The van der Waals surface area contributed by atoms with Gasteiger partial charge in [-0.1, -0.05) is 6.07 Å². The van der Waals surface area contributed by atoms with Crippen LogP contribution in [0.15, 0.2) is 41.4 Å². The van der Waals surface area contributed by atoms with Gasteiger partial charge in [0.2, 0.25) is 10.0 Å². The highest BCUT2D eigenvalue weighted by Crippen LogP contribution is 2.14. The lowest BCUT2D eigenvalue weighted by molar-refractivity contribution is 0.0953. The van der Waals surface area contributed by atoms with Crippen LogP contribution in [0.4, 0.5) is 0 Å². The zero-order valence-electron chi connectivity index (χ0n) is 14.5. The summed E-state index contributed by atoms with van der Waals surface area (Å²) in [6, 6.07) is 7.68. The van der Waals surface area contributed by atoms with Gasteiger partial charge in [0.15, 0.2) is 0 Å². The van der Waals surface area contributed by atoms with E-state index in [9.17, 15) is 13.2 Å². The predicted octanol–water partition coefficient (Wildman–Crippen LogP) is 0.460. The SMILES string of the molecule is Cn1nccc1CCNC(=O)c1cccc(S(=O)(=O)N[C@H]2CCOC2)c1. The summed E-state index contributed by atoms with van der Waals surface area (Å²) in [7, 11) is -1.84. The maximum Gasteiger partial charge on any atom is 0.251 e. The Morgan fingerprint density at radius 1 is 1.38 bits per heavy atom. The fourth-order valence-corrected chi connectivity index (χ4v) is 4.07. The van der Waals surface area contributed by atoms with E-state index in [1.54, 1.807) is 23.0 Å². The maximum absolute atomic E-state index is 12.5. The number of sulfonamides is 1. The number of benzene rings is 1. The molecule has 26 heavy (non-hydrogen) atoms. The number of carbonyl (C=O) groups is 1. The van der Waals surface area contributed by atoms with Crippen molar-refractivity contribution in [3.8, 4) is 0 Å². The lowest BCUT2D eigenvalue weighted by atomic mass is 10.2. The zero-order valence-corrected chi connectivity index (χ0v) is 15.3. The van der Waals surface area contributed by atoms with E-state index in [2.05, 4.69) is 15.1 Å². The summed E-state index contributed by atoms with van der Waals surface area (Å²) in [4.78, 5) is 12.4. The normalized spacial score (nSPS) is 17.3. The molecule has 1 aliphatic rings. The molecule has 2 N–H and O–H groups in total. The Morgan fingerprint density at radius 2 is 2.23 bits per heavy atom. The Kier molecular flexibility index (Phi) is 5.70. The lowest BCUT2D eigenvalue weighted by Gasteiger charge is -2.12. The molecule has 1 saturated heterocycles. The van der Waals surface area contributed by atoms with Crippen LogP contribution < -0.4 is 10.0 Å². The first-order valence-electron chi connectivity index (χ1n) is 8.41. The fraction of sp³-hybridized carbons (Fsp3) is 0.412. The molecule has 1 aromatic carbocycles. The van der Waals surface area contributed by atoms with Crippen molar-refractivity contribution in [2.75, 3.05) is 19.8 Å². The largest absolute Gasteiger partial charge is 0.380 e. The predicted molar refractivity (Wildman–Crippen MR) is 95.2 cm³/mol. The molecule has 2 heterocycles. The van der Waals surface area contributed by atoms with Crippen LogP contribution in [0, 0.1) is 0 Å². The molecule has 1 aromatic heterocycles. The van der Waals surface area contributed by atoms with Gasteiger partial charge in [-0.05, 0) is 30.7 Å². The van der Waals surface area contributed by atoms with Gasteiger partial charge in [-0.15, -0.1) is 0 Å². The average Bonchev–Trinajstić information content (AvgIpc) is 3.26. The summed E-state index contributed by atoms with van der Waals surface area (Å²) in [6.45, 7) is 1.35. The average molecular weight is 378 g/mol. The van der Waals surface area contributed by atoms with E-state index in [0.717, 1.165) is 5.69 Å². The minimum Gasteiger partial charge on any atom is -0.380 e. The number of nitrogens with zero attached hydrogens (tertiary/aromatic N) is 2. The van der Waals surface area contributed by atoms with Crippen LogP contribution in [0.25, 0.3) is 0 Å². The molecule has 0 unspecified atom stereocenters. The van der Waals surface area contributed by atoms with E-state index in [1.165, 1.54) is 12.1 Å². The van der Waals surface area contributed by atoms with Crippen molar-refractivity contribution in [2.45, 2.75) is 23.8 Å². The summed E-state index contributed by atoms with van der Waals surface area (Å²) in [5.74, 6) is -0.312. The Labute approximate surface area is 152 Å². The highest BCUT2D eigenvalue weighted by Gasteiger charge is 2.24. The monoisotopic (exact) mass is 378 g/mol. The van der Waals surface area contributed by atoms with Gasteiger partial charge in [0.25, 0.3) is 5.91 Å². The molecule has 3 rings (SSSR count). The number of amides is 1. The first kappa shape index (κ1) is 18.6. The molecule has 1 amide bonds. The molecule has 1 aliphatic heterocycles. The Hall–Kier alpha value is -2.23. The summed E-state index contributed by atoms with van der Waals surface area (Å²) in [5.41, 5.74) is 1.31. The van der Waals surface area contributed by atoms with Crippen LogP contribution >= 0.6 is 0 Å². The number of aromatic nitrogens is 2. The van der Waals surface area contributed by atoms with Crippen molar-refractivity contribution in [2.24, 2.45) is 7.05 Å². The third-order valence-corrected chi connectivity index (χ3v) is 5.77. The minimum absolute atomic E-state index is 0.0729. The molecular weight excluding hydrogens is 356 g/mol. The van der Waals surface area contributed by atoms with Crippen LogP contribution in [0.1, 0.15) is 22.5 Å². The van der Waals surface area contributed by atoms with Gasteiger partial charge in [-0.25, -0.2) is 13.1 Å². The van der Waals surface area contributed by atoms with Crippen LogP contribution in [0.5, 0.6) is 0 Å². The molecule has 2 aromatic rings. The Morgan fingerprint density at radius 3 is 2.92 bits per heavy atom. The number of carbonyl (C=O) groups excluding carboxylic acids is 1. The molecule has 0 radical (unpaired) electrons. The van der Waals surface area contributed by atoms with Crippen molar-refractivity contribution < 1.29 is 17.9 Å². The van der Waals surface area contributed by atoms with Gasteiger partial charge >= 0.3 is 0 Å². The third-order valence-electron chi connectivity index (χ3n) is 4.25. The summed E-state index contributed by atoms with van der Waals surface area (Å²) in [6.07, 6.45) is 2.99. The number of rotatable bonds is 7. The van der Waals surface area contributed by atoms with Gasteiger partial charge in [0.05, 0.1) is 11.5 Å². The van der Waals surface area contributed by atoms with Crippen molar-refractivity contribution >= 4 is 15.9 Å². The first-order valence-corrected chi connectivity index (χ1v) is 9.89. The Bertz CT molecular complexity index is 872. The Balaban J connectivity index is 1.62. The topological polar surface area (TPSA) is 102 Å². The lowest BCUT2D eigenvalue weighted by Crippen LogP contribution is -2.35. The number of aryl methyl sites for hydroxylation is 1. The minimum atomic E-state index is -3.68. The van der Waals surface area contributed by atoms with E-state index >= 15 is 0 Å². The molecule has 0 aliphatic carbocycles. The van der Waals surface area contributed by atoms with E-state index in [1.807, 2.05) is 13.1 Å². The molecule has 0 bridgehead atoms. The quantitative estimate of drug-likeness (QED) is 0.729. The van der Waals surface area contributed by atoms with Crippen LogP contribution in [-0.4, -0.2) is 49.9 Å². The molecule has 0 spiro atoms. The van der Waals surface area contributed by atoms with Gasteiger partial charge in [0, 0.05) is 50.1 Å². The molecular formula is C17H22N4O4S. The van der Waals surface area contributed by atoms with Crippen molar-refractivity contribution in [3.63, 3.8) is 0 Å². The highest BCUT2D eigenvalue weighted by atomic mass is 32.2. The van der Waals surface area contributed by atoms with Gasteiger partial charge in [-0.2, -0.15) is 5.10 Å². The number of hydrogen-bond acceptors (Lipinski definition) is 5. The maximum atomic E-state index is 12.5. The second-order valence-corrected chi connectivity index (χ2v) is 7.88. The summed E-state index contributed by atoms with van der Waals surface area (Å²) < 4.78 is 34.5. The van der Waals surface area contributed by atoms with Gasteiger partial charge < -0.3 is 10.1 Å². The van der Waals surface area contributed by atoms with Crippen molar-refractivity contribution in [1.82, 2.24) is 19.8 Å². The van der Waals surface area contributed by atoms with Crippen LogP contribution in [0.2, 0.25) is 0 Å². The second-order valence-electron chi connectivity index (χ2n) is 6.16. The smallest absolute Gasteiger partial charge is 0.251 e.